The van der Waals surface area contributed by atoms with Crippen molar-refractivity contribution in [2.75, 3.05) is 30.9 Å². The summed E-state index contributed by atoms with van der Waals surface area (Å²) in [5.41, 5.74) is 5.14. The zero-order chi connectivity index (χ0) is 13.9. The van der Waals surface area contributed by atoms with E-state index >= 15 is 0 Å². The topological polar surface area (TPSA) is 24.5 Å². The standard InChI is InChI=1S/C17H20N2O/c1-19(13-8-10-14(20-2)11-9-13)17-7-3-6-16-15(17)5-4-12-18-16/h3,6-11,18H,4-5,12H2,1-2H3. The molecule has 1 aliphatic rings. The van der Waals surface area contributed by atoms with E-state index in [-0.39, 0.29) is 0 Å². The van der Waals surface area contributed by atoms with E-state index in [4.69, 9.17) is 4.74 Å². The number of ether oxygens (including phenoxy) is 1. The lowest BCUT2D eigenvalue weighted by Crippen LogP contribution is -2.17. The average Bonchev–Trinajstić information content (AvgIpc) is 2.54. The van der Waals surface area contributed by atoms with Gasteiger partial charge in [0.05, 0.1) is 7.11 Å². The van der Waals surface area contributed by atoms with E-state index in [2.05, 4.69) is 47.6 Å². The highest BCUT2D eigenvalue weighted by molar-refractivity contribution is 5.73. The number of hydrogen-bond acceptors (Lipinski definition) is 3. The normalized spacial score (nSPS) is 13.3. The zero-order valence-electron chi connectivity index (χ0n) is 12.0. The Balaban J connectivity index is 1.95. The summed E-state index contributed by atoms with van der Waals surface area (Å²) in [5.74, 6) is 0.888. The van der Waals surface area contributed by atoms with Crippen LogP contribution < -0.4 is 15.0 Å². The maximum atomic E-state index is 5.22. The molecule has 0 aliphatic carbocycles. The highest BCUT2D eigenvalue weighted by Gasteiger charge is 2.15. The fourth-order valence-corrected chi connectivity index (χ4v) is 2.75. The van der Waals surface area contributed by atoms with Crippen molar-refractivity contribution in [2.45, 2.75) is 12.8 Å². The molecule has 1 N–H and O–H groups in total. The van der Waals surface area contributed by atoms with Crippen LogP contribution in [0.15, 0.2) is 42.5 Å². The van der Waals surface area contributed by atoms with E-state index < -0.39 is 0 Å². The van der Waals surface area contributed by atoms with Crippen molar-refractivity contribution in [1.82, 2.24) is 0 Å². The molecule has 1 heterocycles. The molecule has 0 aromatic heterocycles. The lowest BCUT2D eigenvalue weighted by molar-refractivity contribution is 0.415. The van der Waals surface area contributed by atoms with Crippen LogP contribution in [0.25, 0.3) is 0 Å². The first-order valence-electron chi connectivity index (χ1n) is 7.03. The Bertz CT molecular complexity index is 592. The van der Waals surface area contributed by atoms with E-state index in [1.54, 1.807) is 7.11 Å². The molecule has 20 heavy (non-hydrogen) atoms. The molecule has 3 nitrogen and oxygen atoms in total. The van der Waals surface area contributed by atoms with Crippen LogP contribution in [-0.4, -0.2) is 20.7 Å². The summed E-state index contributed by atoms with van der Waals surface area (Å²) in [6, 6.07) is 14.7. The van der Waals surface area contributed by atoms with Crippen molar-refractivity contribution < 1.29 is 4.74 Å². The molecule has 2 aromatic carbocycles. The molecule has 0 unspecified atom stereocenters. The molecular weight excluding hydrogens is 248 g/mol. The number of methoxy groups -OCH3 is 1. The van der Waals surface area contributed by atoms with Crippen LogP contribution in [0.5, 0.6) is 5.75 Å². The highest BCUT2D eigenvalue weighted by Crippen LogP contribution is 2.34. The van der Waals surface area contributed by atoms with Crippen LogP contribution in [0.1, 0.15) is 12.0 Å². The Morgan fingerprint density at radius 1 is 1.10 bits per heavy atom. The van der Waals surface area contributed by atoms with Gasteiger partial charge in [-0.2, -0.15) is 0 Å². The van der Waals surface area contributed by atoms with Crippen LogP contribution in [0, 0.1) is 0 Å². The molecule has 2 aromatic rings. The summed E-state index contributed by atoms with van der Waals surface area (Å²) in [4.78, 5) is 2.24. The lowest BCUT2D eigenvalue weighted by atomic mass is 10.0. The molecule has 3 heteroatoms. The van der Waals surface area contributed by atoms with Gasteiger partial charge in [-0.25, -0.2) is 0 Å². The fourth-order valence-electron chi connectivity index (χ4n) is 2.75. The molecule has 0 spiro atoms. The number of anilines is 3. The quantitative estimate of drug-likeness (QED) is 0.915. The Morgan fingerprint density at radius 2 is 1.90 bits per heavy atom. The van der Waals surface area contributed by atoms with Gasteiger partial charge in [-0.15, -0.1) is 0 Å². The summed E-state index contributed by atoms with van der Waals surface area (Å²) in [6.45, 7) is 1.07. The molecule has 0 amide bonds. The van der Waals surface area contributed by atoms with Crippen molar-refractivity contribution >= 4 is 17.1 Å². The van der Waals surface area contributed by atoms with E-state index in [0.717, 1.165) is 18.7 Å². The molecule has 0 saturated carbocycles. The first-order valence-corrected chi connectivity index (χ1v) is 7.03. The monoisotopic (exact) mass is 268 g/mol. The van der Waals surface area contributed by atoms with Crippen LogP contribution in [-0.2, 0) is 6.42 Å². The first kappa shape index (κ1) is 12.9. The van der Waals surface area contributed by atoms with Gasteiger partial charge in [-0.1, -0.05) is 6.07 Å². The Kier molecular flexibility index (Phi) is 3.50. The third-order valence-electron chi connectivity index (χ3n) is 3.89. The van der Waals surface area contributed by atoms with Gasteiger partial charge in [-0.05, 0) is 54.8 Å². The third kappa shape index (κ3) is 2.31. The Morgan fingerprint density at radius 3 is 2.65 bits per heavy atom. The van der Waals surface area contributed by atoms with E-state index in [1.165, 1.54) is 29.0 Å². The van der Waals surface area contributed by atoms with Crippen LogP contribution in [0.2, 0.25) is 0 Å². The smallest absolute Gasteiger partial charge is 0.119 e. The van der Waals surface area contributed by atoms with Gasteiger partial charge in [0.15, 0.2) is 0 Å². The number of benzene rings is 2. The molecule has 0 saturated heterocycles. The van der Waals surface area contributed by atoms with Gasteiger partial charge >= 0.3 is 0 Å². The Labute approximate surface area is 120 Å². The molecule has 0 radical (unpaired) electrons. The number of rotatable bonds is 3. The number of fused-ring (bicyclic) bond motifs is 1. The van der Waals surface area contributed by atoms with E-state index in [0.29, 0.717) is 0 Å². The predicted molar refractivity (Wildman–Crippen MR) is 84.3 cm³/mol. The summed E-state index contributed by atoms with van der Waals surface area (Å²) in [6.07, 6.45) is 2.33. The van der Waals surface area contributed by atoms with Crippen molar-refractivity contribution in [3.8, 4) is 5.75 Å². The van der Waals surface area contributed by atoms with Crippen LogP contribution in [0.4, 0.5) is 17.1 Å². The highest BCUT2D eigenvalue weighted by atomic mass is 16.5. The summed E-state index contributed by atoms with van der Waals surface area (Å²) in [5, 5.41) is 3.48. The molecule has 0 atom stereocenters. The van der Waals surface area contributed by atoms with Gasteiger partial charge in [-0.3, -0.25) is 0 Å². The first-order chi connectivity index (χ1) is 9.79. The van der Waals surface area contributed by atoms with E-state index in [9.17, 15) is 0 Å². The fraction of sp³-hybridized carbons (Fsp3) is 0.294. The van der Waals surface area contributed by atoms with Gasteiger partial charge in [0.2, 0.25) is 0 Å². The van der Waals surface area contributed by atoms with Gasteiger partial charge in [0.1, 0.15) is 5.75 Å². The number of hydrogen-bond donors (Lipinski definition) is 1. The molecule has 3 rings (SSSR count). The van der Waals surface area contributed by atoms with Crippen LogP contribution in [0.3, 0.4) is 0 Å². The average molecular weight is 268 g/mol. The van der Waals surface area contributed by atoms with Gasteiger partial charge in [0.25, 0.3) is 0 Å². The van der Waals surface area contributed by atoms with Gasteiger partial charge < -0.3 is 15.0 Å². The molecular formula is C17H20N2O. The number of nitrogens with one attached hydrogen (secondary N) is 1. The SMILES string of the molecule is COc1ccc(N(C)c2cccc3c2CCCN3)cc1. The van der Waals surface area contributed by atoms with Crippen molar-refractivity contribution in [3.63, 3.8) is 0 Å². The minimum absolute atomic E-state index is 0.888. The molecule has 0 fully saturated rings. The Hall–Kier alpha value is -2.16. The largest absolute Gasteiger partial charge is 0.497 e. The summed E-state index contributed by atoms with van der Waals surface area (Å²) in [7, 11) is 3.81. The predicted octanol–water partition coefficient (Wildman–Crippen LogP) is 3.82. The maximum absolute atomic E-state index is 5.22. The second kappa shape index (κ2) is 5.45. The molecule has 0 bridgehead atoms. The number of nitrogens with zero attached hydrogens (tertiary/aromatic N) is 1. The van der Waals surface area contributed by atoms with Crippen molar-refractivity contribution in [1.29, 1.82) is 0 Å². The lowest BCUT2D eigenvalue weighted by Gasteiger charge is -2.27. The summed E-state index contributed by atoms with van der Waals surface area (Å²) >= 11 is 0. The third-order valence-corrected chi connectivity index (χ3v) is 3.89. The van der Waals surface area contributed by atoms with Crippen molar-refractivity contribution in [2.24, 2.45) is 0 Å². The van der Waals surface area contributed by atoms with Crippen LogP contribution >= 0.6 is 0 Å². The second-order valence-corrected chi connectivity index (χ2v) is 5.09. The summed E-state index contributed by atoms with van der Waals surface area (Å²) < 4.78 is 5.22. The maximum Gasteiger partial charge on any atom is 0.119 e. The second-order valence-electron chi connectivity index (χ2n) is 5.09. The van der Waals surface area contributed by atoms with Gasteiger partial charge in [0, 0.05) is 30.7 Å². The minimum atomic E-state index is 0.888. The zero-order valence-corrected chi connectivity index (χ0v) is 12.0. The van der Waals surface area contributed by atoms with Crippen molar-refractivity contribution in [3.05, 3.63) is 48.0 Å². The molecule has 1 aliphatic heterocycles. The van der Waals surface area contributed by atoms with E-state index in [1.807, 2.05) is 12.1 Å². The minimum Gasteiger partial charge on any atom is -0.497 e. The molecule has 104 valence electrons.